The van der Waals surface area contributed by atoms with Gasteiger partial charge >= 0.3 is 0 Å². The summed E-state index contributed by atoms with van der Waals surface area (Å²) in [6.45, 7) is 8.67. The van der Waals surface area contributed by atoms with Crippen molar-refractivity contribution in [2.75, 3.05) is 19.6 Å². The van der Waals surface area contributed by atoms with E-state index >= 15 is 0 Å². The minimum atomic E-state index is -0.00827. The van der Waals surface area contributed by atoms with Crippen molar-refractivity contribution in [3.63, 3.8) is 0 Å². The van der Waals surface area contributed by atoms with Crippen LogP contribution in [0, 0.1) is 19.8 Å². The molecule has 1 aliphatic rings. The van der Waals surface area contributed by atoms with Gasteiger partial charge in [-0.2, -0.15) is 10.2 Å². The molecule has 2 aromatic heterocycles. The van der Waals surface area contributed by atoms with Crippen LogP contribution in [0.4, 0.5) is 0 Å². The predicted octanol–water partition coefficient (Wildman–Crippen LogP) is 0.689. The Hall–Kier alpha value is -1.95. The number of aryl methyl sites for hydroxylation is 2. The maximum atomic E-state index is 11.7. The third-order valence-electron chi connectivity index (χ3n) is 3.87. The fourth-order valence-corrected chi connectivity index (χ4v) is 2.73. The minimum Gasteiger partial charge on any atom is -0.301 e. The molecule has 0 aliphatic carbocycles. The fourth-order valence-electron chi connectivity index (χ4n) is 2.73. The molecule has 6 heteroatoms. The van der Waals surface area contributed by atoms with Crippen LogP contribution in [0.25, 0.3) is 0 Å². The Labute approximate surface area is 124 Å². The quantitative estimate of drug-likeness (QED) is 0.812. The van der Waals surface area contributed by atoms with Gasteiger partial charge in [0.25, 0.3) is 5.56 Å². The summed E-state index contributed by atoms with van der Waals surface area (Å²) in [6.07, 6.45) is 3.95. The molecule has 0 unspecified atom stereocenters. The summed E-state index contributed by atoms with van der Waals surface area (Å²) in [6, 6.07) is 3.36. The summed E-state index contributed by atoms with van der Waals surface area (Å²) in [7, 11) is 0. The fraction of sp³-hybridized carbons (Fsp3) is 0.533. The van der Waals surface area contributed by atoms with E-state index in [0.717, 1.165) is 38.4 Å². The summed E-state index contributed by atoms with van der Waals surface area (Å²) in [4.78, 5) is 14.1. The van der Waals surface area contributed by atoms with Crippen LogP contribution in [0.1, 0.15) is 11.3 Å². The van der Waals surface area contributed by atoms with Gasteiger partial charge in [0.1, 0.15) is 0 Å². The number of nitrogens with zero attached hydrogens (tertiary/aromatic N) is 5. The Balaban J connectivity index is 1.45. The molecule has 6 nitrogen and oxygen atoms in total. The molecular weight excluding hydrogens is 266 g/mol. The highest BCUT2D eigenvalue weighted by Gasteiger charge is 2.27. The van der Waals surface area contributed by atoms with Crippen LogP contribution in [-0.2, 0) is 13.1 Å². The lowest BCUT2D eigenvalue weighted by molar-refractivity contribution is 0.0793. The zero-order valence-electron chi connectivity index (χ0n) is 12.6. The van der Waals surface area contributed by atoms with E-state index in [-0.39, 0.29) is 5.56 Å². The third-order valence-corrected chi connectivity index (χ3v) is 3.87. The molecule has 0 spiro atoms. The SMILES string of the molecule is Cc1cnn(CCN2CC(Cn3nc(C)ccc3=O)C2)c1. The van der Waals surface area contributed by atoms with E-state index in [1.807, 2.05) is 17.8 Å². The van der Waals surface area contributed by atoms with Crippen LogP contribution in [0.15, 0.2) is 29.3 Å². The van der Waals surface area contributed by atoms with Gasteiger partial charge in [-0.05, 0) is 25.5 Å². The lowest BCUT2D eigenvalue weighted by atomic mass is 10.0. The Morgan fingerprint density at radius 1 is 1.24 bits per heavy atom. The second-order valence-corrected chi connectivity index (χ2v) is 5.90. The zero-order valence-corrected chi connectivity index (χ0v) is 12.6. The Morgan fingerprint density at radius 3 is 2.76 bits per heavy atom. The van der Waals surface area contributed by atoms with Crippen LogP contribution < -0.4 is 5.56 Å². The van der Waals surface area contributed by atoms with Crippen molar-refractivity contribution < 1.29 is 0 Å². The normalized spacial score (nSPS) is 16.1. The summed E-state index contributed by atoms with van der Waals surface area (Å²) >= 11 is 0. The lowest BCUT2D eigenvalue weighted by Crippen LogP contribution is -2.50. The molecule has 3 rings (SSSR count). The van der Waals surface area contributed by atoms with E-state index in [2.05, 4.69) is 28.2 Å². The second kappa shape index (κ2) is 5.81. The zero-order chi connectivity index (χ0) is 14.8. The van der Waals surface area contributed by atoms with E-state index in [1.165, 1.54) is 5.56 Å². The van der Waals surface area contributed by atoms with Crippen LogP contribution in [0.5, 0.6) is 0 Å². The van der Waals surface area contributed by atoms with Crippen molar-refractivity contribution >= 4 is 0 Å². The van der Waals surface area contributed by atoms with Gasteiger partial charge in [0, 0.05) is 37.8 Å². The molecule has 3 heterocycles. The van der Waals surface area contributed by atoms with E-state index in [4.69, 9.17) is 0 Å². The molecule has 0 atom stereocenters. The molecule has 2 aromatic rings. The van der Waals surface area contributed by atoms with E-state index in [9.17, 15) is 4.79 Å². The number of rotatable bonds is 5. The monoisotopic (exact) mass is 287 g/mol. The first-order chi connectivity index (χ1) is 10.1. The van der Waals surface area contributed by atoms with E-state index < -0.39 is 0 Å². The maximum absolute atomic E-state index is 11.7. The molecule has 0 aromatic carbocycles. The Morgan fingerprint density at radius 2 is 2.05 bits per heavy atom. The van der Waals surface area contributed by atoms with Crippen molar-refractivity contribution in [3.05, 3.63) is 46.1 Å². The van der Waals surface area contributed by atoms with Crippen LogP contribution in [0.2, 0.25) is 0 Å². The number of likely N-dealkylation sites (tertiary alicyclic amines) is 1. The largest absolute Gasteiger partial charge is 0.301 e. The van der Waals surface area contributed by atoms with Crippen molar-refractivity contribution in [3.8, 4) is 0 Å². The molecule has 1 saturated heterocycles. The average Bonchev–Trinajstić information content (AvgIpc) is 2.82. The van der Waals surface area contributed by atoms with Gasteiger partial charge in [0.15, 0.2) is 0 Å². The highest BCUT2D eigenvalue weighted by molar-refractivity contribution is 4.99. The summed E-state index contributed by atoms with van der Waals surface area (Å²) < 4.78 is 3.57. The summed E-state index contributed by atoms with van der Waals surface area (Å²) in [5.41, 5.74) is 2.08. The Bertz CT molecular complexity index is 669. The van der Waals surface area contributed by atoms with Crippen molar-refractivity contribution in [1.82, 2.24) is 24.5 Å². The van der Waals surface area contributed by atoms with Crippen molar-refractivity contribution in [2.24, 2.45) is 5.92 Å². The molecule has 0 radical (unpaired) electrons. The van der Waals surface area contributed by atoms with Crippen LogP contribution >= 0.6 is 0 Å². The molecule has 21 heavy (non-hydrogen) atoms. The smallest absolute Gasteiger partial charge is 0.266 e. The van der Waals surface area contributed by atoms with Gasteiger partial charge in [0.2, 0.25) is 0 Å². The van der Waals surface area contributed by atoms with Crippen molar-refractivity contribution in [1.29, 1.82) is 0 Å². The first-order valence-electron chi connectivity index (χ1n) is 7.36. The third kappa shape index (κ3) is 3.39. The summed E-state index contributed by atoms with van der Waals surface area (Å²) in [5.74, 6) is 0.524. The van der Waals surface area contributed by atoms with E-state index in [1.54, 1.807) is 16.8 Å². The lowest BCUT2D eigenvalue weighted by Gasteiger charge is -2.39. The van der Waals surface area contributed by atoms with Gasteiger partial charge in [-0.25, -0.2) is 4.68 Å². The number of hydrogen-bond donors (Lipinski definition) is 0. The molecular formula is C15H21N5O. The standard InChI is InChI=1S/C15H21N5O/c1-12-7-16-19(8-12)6-5-18-9-14(10-18)11-20-15(21)4-3-13(2)17-20/h3-4,7-8,14H,5-6,9-11H2,1-2H3. The van der Waals surface area contributed by atoms with Crippen LogP contribution in [-0.4, -0.2) is 44.1 Å². The highest BCUT2D eigenvalue weighted by Crippen LogP contribution is 2.16. The summed E-state index contributed by atoms with van der Waals surface area (Å²) in [5, 5.41) is 8.58. The van der Waals surface area contributed by atoms with Gasteiger partial charge in [-0.15, -0.1) is 0 Å². The minimum absolute atomic E-state index is 0.00827. The molecule has 0 amide bonds. The van der Waals surface area contributed by atoms with Gasteiger partial charge in [-0.1, -0.05) is 0 Å². The maximum Gasteiger partial charge on any atom is 0.266 e. The molecule has 0 saturated carbocycles. The molecule has 0 N–H and O–H groups in total. The molecule has 1 aliphatic heterocycles. The van der Waals surface area contributed by atoms with Crippen molar-refractivity contribution in [2.45, 2.75) is 26.9 Å². The molecule has 0 bridgehead atoms. The molecule has 112 valence electrons. The predicted molar refractivity (Wildman–Crippen MR) is 80.1 cm³/mol. The van der Waals surface area contributed by atoms with Gasteiger partial charge in [-0.3, -0.25) is 9.48 Å². The molecule has 1 fully saturated rings. The van der Waals surface area contributed by atoms with Gasteiger partial charge in [0.05, 0.1) is 25.0 Å². The average molecular weight is 287 g/mol. The second-order valence-electron chi connectivity index (χ2n) is 5.90. The number of aromatic nitrogens is 4. The first kappa shape index (κ1) is 14.0. The topological polar surface area (TPSA) is 56.0 Å². The first-order valence-corrected chi connectivity index (χ1v) is 7.36. The highest BCUT2D eigenvalue weighted by atomic mass is 16.1. The van der Waals surface area contributed by atoms with E-state index in [0.29, 0.717) is 5.92 Å². The van der Waals surface area contributed by atoms with Gasteiger partial charge < -0.3 is 4.90 Å². The Kier molecular flexibility index (Phi) is 3.88. The van der Waals surface area contributed by atoms with Crippen LogP contribution in [0.3, 0.4) is 0 Å². The number of hydrogen-bond acceptors (Lipinski definition) is 4.